The molecule has 0 N–H and O–H groups in total. The fourth-order valence-electron chi connectivity index (χ4n) is 3.85. The number of likely N-dealkylation sites (tertiary alicyclic amines) is 1. The minimum absolute atomic E-state index is 0.174. The summed E-state index contributed by atoms with van der Waals surface area (Å²) < 4.78 is 2.10. The summed E-state index contributed by atoms with van der Waals surface area (Å²) in [5, 5.41) is 0. The van der Waals surface area contributed by atoms with Gasteiger partial charge in [-0.3, -0.25) is 19.5 Å². The van der Waals surface area contributed by atoms with Crippen molar-refractivity contribution in [2.45, 2.75) is 51.6 Å². The van der Waals surface area contributed by atoms with Gasteiger partial charge >= 0.3 is 11.9 Å². The molecule has 2 fully saturated rings. The Bertz CT molecular complexity index is 612. The zero-order valence-electron chi connectivity index (χ0n) is 15.2. The van der Waals surface area contributed by atoms with Gasteiger partial charge in [0.1, 0.15) is 6.54 Å². The van der Waals surface area contributed by atoms with E-state index in [1.165, 1.54) is 29.1 Å². The van der Waals surface area contributed by atoms with Crippen LogP contribution < -0.4 is 0 Å². The third-order valence-corrected chi connectivity index (χ3v) is 5.36. The van der Waals surface area contributed by atoms with E-state index >= 15 is 0 Å². The molecule has 0 aliphatic carbocycles. The van der Waals surface area contributed by atoms with Crippen LogP contribution in [-0.4, -0.2) is 88.7 Å². The zero-order chi connectivity index (χ0) is 17.4. The van der Waals surface area contributed by atoms with Crippen LogP contribution in [0.4, 0.5) is 4.79 Å². The van der Waals surface area contributed by atoms with Gasteiger partial charge < -0.3 is 0 Å². The molecule has 0 saturated carbocycles. The topological polar surface area (TPSA) is 59.2 Å². The molecule has 2 atom stereocenters. The molecule has 3 aliphatic heterocycles. The van der Waals surface area contributed by atoms with Gasteiger partial charge in [-0.1, -0.05) is 13.3 Å². The summed E-state index contributed by atoms with van der Waals surface area (Å²) in [4.78, 5) is 34.8. The molecule has 24 heavy (non-hydrogen) atoms. The summed E-state index contributed by atoms with van der Waals surface area (Å²) in [7, 11) is 3.25. The first-order valence-electron chi connectivity index (χ1n) is 8.96. The molecule has 3 rings (SSSR count). The number of nitrogens with zero attached hydrogens (tertiary/aromatic N) is 5. The molecule has 132 valence electrons. The van der Waals surface area contributed by atoms with Gasteiger partial charge in [-0.25, -0.2) is 9.37 Å². The van der Waals surface area contributed by atoms with Crippen LogP contribution in [0.2, 0.25) is 0 Å². The lowest BCUT2D eigenvalue weighted by molar-refractivity contribution is -0.536. The summed E-state index contributed by atoms with van der Waals surface area (Å²) in [6, 6.07) is -0.220. The molecule has 0 bridgehead atoms. The second-order valence-corrected chi connectivity index (χ2v) is 7.04. The number of hydrogen-bond acceptors (Lipinski definition) is 4. The van der Waals surface area contributed by atoms with Gasteiger partial charge in [0.2, 0.25) is 0 Å². The van der Waals surface area contributed by atoms with Crippen molar-refractivity contribution in [3.8, 4) is 0 Å². The summed E-state index contributed by atoms with van der Waals surface area (Å²) in [5.74, 6) is 1.33. The molecule has 7 nitrogen and oxygen atoms in total. The Morgan fingerprint density at radius 1 is 1.21 bits per heavy atom. The number of rotatable bonds is 4. The number of amides is 3. The third kappa shape index (κ3) is 2.75. The Kier molecular flexibility index (Phi) is 4.71. The Balaban J connectivity index is 1.92. The van der Waals surface area contributed by atoms with E-state index in [4.69, 9.17) is 4.99 Å². The predicted molar refractivity (Wildman–Crippen MR) is 92.5 cm³/mol. The van der Waals surface area contributed by atoms with Crippen molar-refractivity contribution in [3.63, 3.8) is 0 Å². The smallest absolute Gasteiger partial charge is 0.289 e. The number of likely N-dealkylation sites (N-methyl/N-ethyl adjacent to an activating group) is 2. The molecule has 7 heteroatoms. The number of urea groups is 1. The first-order chi connectivity index (χ1) is 11.5. The highest BCUT2D eigenvalue weighted by molar-refractivity contribution is 6.23. The molecule has 0 aromatic rings. The van der Waals surface area contributed by atoms with Crippen molar-refractivity contribution in [1.82, 2.24) is 14.7 Å². The summed E-state index contributed by atoms with van der Waals surface area (Å²) in [6.07, 6.45) is 4.64. The summed E-state index contributed by atoms with van der Waals surface area (Å²) in [5.41, 5.74) is 0. The second kappa shape index (κ2) is 6.63. The average molecular weight is 334 g/mol. The van der Waals surface area contributed by atoms with Crippen molar-refractivity contribution in [2.75, 3.05) is 33.7 Å². The number of fused-ring (bicyclic) bond motifs is 1. The van der Waals surface area contributed by atoms with Crippen molar-refractivity contribution >= 4 is 23.6 Å². The van der Waals surface area contributed by atoms with Crippen LogP contribution >= 0.6 is 0 Å². The lowest BCUT2D eigenvalue weighted by Gasteiger charge is -2.32. The first-order valence-corrected chi connectivity index (χ1v) is 8.96. The molecule has 0 spiro atoms. The van der Waals surface area contributed by atoms with Crippen LogP contribution in [0, 0.1) is 0 Å². The van der Waals surface area contributed by atoms with Crippen LogP contribution in [0.15, 0.2) is 4.99 Å². The largest absolute Gasteiger partial charge is 0.333 e. The van der Waals surface area contributed by atoms with E-state index < -0.39 is 6.04 Å². The molecular formula is C17H28N5O2+. The fraction of sp³-hybridized carbons (Fsp3) is 0.765. The predicted octanol–water partition coefficient (Wildman–Crippen LogP) is 0.986. The van der Waals surface area contributed by atoms with Crippen LogP contribution in [-0.2, 0) is 4.79 Å². The third-order valence-electron chi connectivity index (χ3n) is 5.36. The Morgan fingerprint density at radius 2 is 1.96 bits per heavy atom. The number of aliphatic imine (C=N–C) groups is 1. The molecular weight excluding hydrogens is 306 g/mol. The number of carbonyl (C=O) groups excluding carboxylic acids is 2. The number of carbonyl (C=O) groups is 2. The van der Waals surface area contributed by atoms with Gasteiger partial charge in [0, 0.05) is 20.1 Å². The van der Waals surface area contributed by atoms with Crippen molar-refractivity contribution in [2.24, 2.45) is 4.99 Å². The van der Waals surface area contributed by atoms with E-state index in [2.05, 4.69) is 23.3 Å². The highest BCUT2D eigenvalue weighted by atomic mass is 16.2. The fourth-order valence-corrected chi connectivity index (χ4v) is 3.85. The van der Waals surface area contributed by atoms with Crippen molar-refractivity contribution < 1.29 is 14.2 Å². The van der Waals surface area contributed by atoms with Crippen LogP contribution in [0.5, 0.6) is 0 Å². The zero-order valence-corrected chi connectivity index (χ0v) is 15.2. The molecule has 3 heterocycles. The van der Waals surface area contributed by atoms with E-state index in [9.17, 15) is 9.59 Å². The van der Waals surface area contributed by atoms with Gasteiger partial charge in [-0.2, -0.15) is 0 Å². The minimum Gasteiger partial charge on any atom is -0.289 e. The second-order valence-electron chi connectivity index (χ2n) is 7.04. The van der Waals surface area contributed by atoms with Gasteiger partial charge in [-0.05, 0) is 37.7 Å². The molecule has 3 aliphatic rings. The molecule has 0 aromatic carbocycles. The van der Waals surface area contributed by atoms with E-state index in [1.807, 2.05) is 0 Å². The SMILES string of the molecule is CCC[N+]1=C(CN2CCCCC2C)N=C2C1C(=O)N(C)C(=O)N2C. The highest BCUT2D eigenvalue weighted by Crippen LogP contribution is 2.21. The normalized spacial score (nSPS) is 28.6. The lowest BCUT2D eigenvalue weighted by atomic mass is 10.0. The van der Waals surface area contributed by atoms with Gasteiger partial charge in [0.15, 0.2) is 0 Å². The summed E-state index contributed by atoms with van der Waals surface area (Å²) in [6.45, 7) is 6.96. The maximum absolute atomic E-state index is 12.7. The number of imide groups is 1. The van der Waals surface area contributed by atoms with Gasteiger partial charge in [0.25, 0.3) is 17.8 Å². The Labute approximate surface area is 143 Å². The molecule has 2 saturated heterocycles. The Hall–Kier alpha value is -1.76. The first kappa shape index (κ1) is 17.1. The van der Waals surface area contributed by atoms with Crippen molar-refractivity contribution in [1.29, 1.82) is 0 Å². The number of piperidine rings is 1. The van der Waals surface area contributed by atoms with Crippen molar-refractivity contribution in [3.05, 3.63) is 0 Å². The molecule has 0 radical (unpaired) electrons. The molecule has 3 amide bonds. The van der Waals surface area contributed by atoms with E-state index in [-0.39, 0.29) is 11.9 Å². The van der Waals surface area contributed by atoms with Gasteiger partial charge in [0.05, 0.1) is 6.54 Å². The standard InChI is InChI=1S/C17H28N5O2/c1-5-9-22-13(11-21-10-7-6-8-12(21)2)18-15-14(22)16(23)20(4)17(24)19(15)3/h12,14H,5-11H2,1-4H3/q+1. The number of amidine groups is 2. The van der Waals surface area contributed by atoms with Gasteiger partial charge in [-0.15, -0.1) is 0 Å². The van der Waals surface area contributed by atoms with E-state index in [0.29, 0.717) is 11.9 Å². The number of hydrogen-bond donors (Lipinski definition) is 0. The molecule has 0 aromatic heterocycles. The molecule has 2 unspecified atom stereocenters. The minimum atomic E-state index is -0.451. The maximum Gasteiger partial charge on any atom is 0.333 e. The van der Waals surface area contributed by atoms with Crippen LogP contribution in [0.1, 0.15) is 39.5 Å². The quantitative estimate of drug-likeness (QED) is 0.720. The van der Waals surface area contributed by atoms with Crippen LogP contribution in [0.3, 0.4) is 0 Å². The van der Waals surface area contributed by atoms with E-state index in [1.54, 1.807) is 14.1 Å². The maximum atomic E-state index is 12.7. The highest BCUT2D eigenvalue weighted by Gasteiger charge is 2.52. The summed E-state index contributed by atoms with van der Waals surface area (Å²) >= 11 is 0. The monoisotopic (exact) mass is 334 g/mol. The van der Waals surface area contributed by atoms with Crippen LogP contribution in [0.25, 0.3) is 0 Å². The Morgan fingerprint density at radius 3 is 2.62 bits per heavy atom. The lowest BCUT2D eigenvalue weighted by Crippen LogP contribution is -2.61. The van der Waals surface area contributed by atoms with E-state index in [0.717, 1.165) is 31.9 Å². The average Bonchev–Trinajstić information content (AvgIpc) is 2.92.